The highest BCUT2D eigenvalue weighted by atomic mass is 79.9. The summed E-state index contributed by atoms with van der Waals surface area (Å²) in [4.78, 5) is 23.0. The SMILES string of the molecule is CC(=O)OCOP1(=O)OC[C@@H]2O[C@@H](n3c(Br)nc4c(N)ncnc43)[C@H](O)[C@@H]2O1. The lowest BCUT2D eigenvalue weighted by atomic mass is 10.1. The Kier molecular flexibility index (Phi) is 5.12. The Bertz CT molecular complexity index is 972. The zero-order valence-corrected chi connectivity index (χ0v) is 16.8. The average molecular weight is 480 g/mol. The monoisotopic (exact) mass is 479 g/mol. The molecule has 2 aromatic rings. The minimum atomic E-state index is -4.05. The van der Waals surface area contributed by atoms with Crippen LogP contribution in [0.15, 0.2) is 11.1 Å². The summed E-state index contributed by atoms with van der Waals surface area (Å²) in [5.41, 5.74) is 6.46. The first kappa shape index (κ1) is 19.6. The summed E-state index contributed by atoms with van der Waals surface area (Å²) >= 11 is 3.29. The Morgan fingerprint density at radius 3 is 3.07 bits per heavy atom. The maximum atomic E-state index is 12.5. The molecule has 2 fully saturated rings. The number of ether oxygens (including phenoxy) is 2. The number of hydrogen-bond donors (Lipinski definition) is 2. The number of carbonyl (C=O) groups is 1. The van der Waals surface area contributed by atoms with E-state index < -0.39 is 45.1 Å². The van der Waals surface area contributed by atoms with Gasteiger partial charge in [-0.15, -0.1) is 0 Å². The third-order valence-corrected chi connectivity index (χ3v) is 6.09. The Labute approximate surface area is 165 Å². The van der Waals surface area contributed by atoms with Crippen LogP contribution in [0, 0.1) is 0 Å². The highest BCUT2D eigenvalue weighted by Crippen LogP contribution is 2.56. The summed E-state index contributed by atoms with van der Waals surface area (Å²) in [5, 5.41) is 10.7. The fourth-order valence-corrected chi connectivity index (χ4v) is 4.72. The van der Waals surface area contributed by atoms with Crippen LogP contribution in [0.4, 0.5) is 5.82 Å². The van der Waals surface area contributed by atoms with Gasteiger partial charge in [0.1, 0.15) is 24.6 Å². The van der Waals surface area contributed by atoms with E-state index in [1.165, 1.54) is 17.8 Å². The number of esters is 1. The van der Waals surface area contributed by atoms with E-state index in [9.17, 15) is 14.5 Å². The zero-order valence-electron chi connectivity index (χ0n) is 14.3. The number of fused-ring (bicyclic) bond motifs is 2. The lowest BCUT2D eigenvalue weighted by molar-refractivity contribution is -0.150. The van der Waals surface area contributed by atoms with Gasteiger partial charge in [-0.1, -0.05) is 0 Å². The van der Waals surface area contributed by atoms with Gasteiger partial charge in [0.15, 0.2) is 27.9 Å². The molecule has 2 aliphatic rings. The standard InChI is InChI=1S/C13H15BrN5O8P/c1-5(20)23-4-25-28(22)24-2-6-9(27-28)8(21)12(26-6)19-11-7(18-13(19)14)10(15)16-3-17-11/h3,6,8-9,12,21H,2,4H2,1H3,(H2,15,16,17)/t6-,8+,9+,12+,28?/m0/s1. The summed E-state index contributed by atoms with van der Waals surface area (Å²) in [6.07, 6.45) is -2.74. The fraction of sp³-hybridized carbons (Fsp3) is 0.538. The van der Waals surface area contributed by atoms with Crippen LogP contribution in [0.25, 0.3) is 11.2 Å². The molecule has 0 amide bonds. The lowest BCUT2D eigenvalue weighted by Gasteiger charge is -2.30. The van der Waals surface area contributed by atoms with Gasteiger partial charge in [0.05, 0.1) is 6.61 Å². The van der Waals surface area contributed by atoms with E-state index in [0.29, 0.717) is 15.9 Å². The van der Waals surface area contributed by atoms with Crippen LogP contribution < -0.4 is 5.73 Å². The first-order chi connectivity index (χ1) is 13.3. The van der Waals surface area contributed by atoms with Crippen molar-refractivity contribution in [3.8, 4) is 0 Å². The molecule has 0 bridgehead atoms. The van der Waals surface area contributed by atoms with E-state index in [0.717, 1.165) is 0 Å². The maximum Gasteiger partial charge on any atom is 0.478 e. The minimum Gasteiger partial charge on any atom is -0.438 e. The molecule has 0 aliphatic carbocycles. The van der Waals surface area contributed by atoms with E-state index >= 15 is 0 Å². The molecule has 2 saturated heterocycles. The summed E-state index contributed by atoms with van der Waals surface area (Å²) < 4.78 is 40.1. The van der Waals surface area contributed by atoms with Gasteiger partial charge in [0.25, 0.3) is 0 Å². The number of aliphatic hydroxyl groups is 1. The molecular formula is C13H15BrN5O8P. The van der Waals surface area contributed by atoms with E-state index in [1.807, 2.05) is 0 Å². The summed E-state index contributed by atoms with van der Waals surface area (Å²) in [6.45, 7) is 0.385. The molecule has 28 heavy (non-hydrogen) atoms. The van der Waals surface area contributed by atoms with Gasteiger partial charge in [0, 0.05) is 6.92 Å². The van der Waals surface area contributed by atoms with Gasteiger partial charge in [-0.2, -0.15) is 0 Å². The second kappa shape index (κ2) is 7.30. The first-order valence-electron chi connectivity index (χ1n) is 7.97. The molecule has 4 rings (SSSR count). The summed E-state index contributed by atoms with van der Waals surface area (Å²) in [5.74, 6) is -0.457. The Morgan fingerprint density at radius 1 is 1.54 bits per heavy atom. The molecule has 15 heteroatoms. The Hall–Kier alpha value is -1.67. The summed E-state index contributed by atoms with van der Waals surface area (Å²) in [7, 11) is -4.05. The van der Waals surface area contributed by atoms with E-state index in [1.54, 1.807) is 0 Å². The minimum absolute atomic E-state index is 0.164. The number of aromatic nitrogens is 4. The lowest BCUT2D eigenvalue weighted by Crippen LogP contribution is -2.39. The number of nitrogen functional groups attached to an aromatic ring is 1. The molecule has 0 saturated carbocycles. The second-order valence-electron chi connectivity index (χ2n) is 5.93. The number of imidazole rings is 1. The van der Waals surface area contributed by atoms with Crippen molar-refractivity contribution in [2.45, 2.75) is 31.5 Å². The molecule has 0 spiro atoms. The van der Waals surface area contributed by atoms with Gasteiger partial charge in [-0.3, -0.25) is 18.4 Å². The van der Waals surface area contributed by atoms with Crippen molar-refractivity contribution in [1.82, 2.24) is 19.5 Å². The normalized spacial score (nSPS) is 32.4. The molecular weight excluding hydrogens is 465 g/mol. The predicted molar refractivity (Wildman–Crippen MR) is 93.5 cm³/mol. The molecule has 0 radical (unpaired) electrons. The molecule has 5 atom stereocenters. The number of anilines is 1. The quantitative estimate of drug-likeness (QED) is 0.269. The van der Waals surface area contributed by atoms with Crippen molar-refractivity contribution < 1.29 is 37.5 Å². The largest absolute Gasteiger partial charge is 0.478 e. The van der Waals surface area contributed by atoms with Gasteiger partial charge >= 0.3 is 13.8 Å². The number of phosphoric acid groups is 1. The number of rotatable bonds is 4. The van der Waals surface area contributed by atoms with Crippen LogP contribution in [0.1, 0.15) is 13.2 Å². The van der Waals surface area contributed by atoms with Crippen molar-refractivity contribution >= 4 is 46.7 Å². The van der Waals surface area contributed by atoms with Crippen LogP contribution in [-0.4, -0.2) is 62.3 Å². The molecule has 0 aromatic carbocycles. The zero-order chi connectivity index (χ0) is 20.1. The van der Waals surface area contributed by atoms with E-state index in [2.05, 4.69) is 35.6 Å². The van der Waals surface area contributed by atoms with Crippen molar-refractivity contribution in [1.29, 1.82) is 0 Å². The molecule has 152 valence electrons. The number of aliphatic hydroxyl groups excluding tert-OH is 1. The molecule has 13 nitrogen and oxygen atoms in total. The number of halogens is 1. The second-order valence-corrected chi connectivity index (χ2v) is 8.26. The highest BCUT2D eigenvalue weighted by Gasteiger charge is 2.54. The number of nitrogens with zero attached hydrogens (tertiary/aromatic N) is 4. The molecule has 1 unspecified atom stereocenters. The van der Waals surface area contributed by atoms with Gasteiger partial charge in [-0.05, 0) is 15.9 Å². The topological polar surface area (TPSA) is 170 Å². The smallest absolute Gasteiger partial charge is 0.438 e. The number of hydrogen-bond acceptors (Lipinski definition) is 12. The average Bonchev–Trinajstić information content (AvgIpc) is 3.12. The molecule has 2 aliphatic heterocycles. The number of nitrogens with two attached hydrogens (primary N) is 1. The number of carbonyl (C=O) groups excluding carboxylic acids is 1. The Morgan fingerprint density at radius 2 is 2.32 bits per heavy atom. The van der Waals surface area contributed by atoms with Crippen LogP contribution >= 0.6 is 23.8 Å². The third kappa shape index (κ3) is 3.41. The van der Waals surface area contributed by atoms with Gasteiger partial charge in [-0.25, -0.2) is 24.0 Å². The van der Waals surface area contributed by atoms with Gasteiger partial charge in [0.2, 0.25) is 6.79 Å². The number of phosphoric ester groups is 1. The fourth-order valence-electron chi connectivity index (χ4n) is 2.91. The van der Waals surface area contributed by atoms with Gasteiger partial charge < -0.3 is 20.3 Å². The van der Waals surface area contributed by atoms with Crippen molar-refractivity contribution in [2.75, 3.05) is 19.1 Å². The molecule has 4 heterocycles. The third-order valence-electron chi connectivity index (χ3n) is 4.15. The molecule has 3 N–H and O–H groups in total. The summed E-state index contributed by atoms with van der Waals surface area (Å²) in [6, 6.07) is 0. The van der Waals surface area contributed by atoms with Crippen LogP contribution in [-0.2, 0) is 32.4 Å². The van der Waals surface area contributed by atoms with E-state index in [4.69, 9.17) is 24.0 Å². The van der Waals surface area contributed by atoms with Crippen LogP contribution in [0.3, 0.4) is 0 Å². The van der Waals surface area contributed by atoms with Crippen molar-refractivity contribution in [3.05, 3.63) is 11.1 Å². The van der Waals surface area contributed by atoms with Crippen LogP contribution in [0.2, 0.25) is 0 Å². The van der Waals surface area contributed by atoms with Crippen molar-refractivity contribution in [2.24, 2.45) is 0 Å². The van der Waals surface area contributed by atoms with E-state index in [-0.39, 0.29) is 12.4 Å². The van der Waals surface area contributed by atoms with Crippen LogP contribution in [0.5, 0.6) is 0 Å². The predicted octanol–water partition coefficient (Wildman–Crippen LogP) is 0.490. The molecule has 2 aromatic heterocycles. The Balaban J connectivity index is 1.57. The maximum absolute atomic E-state index is 12.5. The first-order valence-corrected chi connectivity index (χ1v) is 10.2. The highest BCUT2D eigenvalue weighted by molar-refractivity contribution is 9.10. The van der Waals surface area contributed by atoms with Crippen molar-refractivity contribution in [3.63, 3.8) is 0 Å².